The number of sulfonamides is 1. The van der Waals surface area contributed by atoms with Crippen molar-refractivity contribution in [1.29, 1.82) is 0 Å². The number of carboxylic acids is 1. The minimum atomic E-state index is -3.52. The molecule has 2 N–H and O–H groups in total. The van der Waals surface area contributed by atoms with Crippen LogP contribution in [0.4, 0.5) is 0 Å². The van der Waals surface area contributed by atoms with Gasteiger partial charge in [-0.15, -0.1) is 0 Å². The smallest absolute Gasteiger partial charge is 0.321 e. The van der Waals surface area contributed by atoms with Gasteiger partial charge in [-0.3, -0.25) is 4.79 Å². The molecule has 0 aliphatic heterocycles. The molecular weight excluding hydrogens is 218 g/mol. The van der Waals surface area contributed by atoms with E-state index in [0.29, 0.717) is 6.42 Å². The average Bonchev–Trinajstić information content (AvgIpc) is 2.01. The molecule has 1 atom stereocenters. The molecule has 15 heavy (non-hydrogen) atoms. The molecule has 1 unspecified atom stereocenters. The fourth-order valence-electron chi connectivity index (χ4n) is 1.01. The van der Waals surface area contributed by atoms with Gasteiger partial charge in [0.25, 0.3) is 0 Å². The predicted molar refractivity (Wildman–Crippen MR) is 58.1 cm³/mol. The van der Waals surface area contributed by atoms with Crippen molar-refractivity contribution in [3.05, 3.63) is 0 Å². The second kappa shape index (κ2) is 5.46. The Morgan fingerprint density at radius 2 is 1.73 bits per heavy atom. The Morgan fingerprint density at radius 1 is 1.27 bits per heavy atom. The minimum Gasteiger partial charge on any atom is -0.480 e. The van der Waals surface area contributed by atoms with E-state index in [-0.39, 0.29) is 5.92 Å². The second-order valence-electron chi connectivity index (χ2n) is 4.23. The average molecular weight is 237 g/mol. The lowest BCUT2D eigenvalue weighted by Crippen LogP contribution is -2.44. The third-order valence-electron chi connectivity index (χ3n) is 1.93. The Bertz CT molecular complexity index is 308. The summed E-state index contributed by atoms with van der Waals surface area (Å²) < 4.78 is 25.1. The quantitative estimate of drug-likeness (QED) is 0.716. The second-order valence-corrected chi connectivity index (χ2v) is 6.50. The molecule has 0 aliphatic rings. The highest BCUT2D eigenvalue weighted by Gasteiger charge is 2.26. The summed E-state index contributed by atoms with van der Waals surface area (Å²) in [5.74, 6) is -1.01. The van der Waals surface area contributed by atoms with E-state index in [2.05, 4.69) is 4.72 Å². The van der Waals surface area contributed by atoms with Crippen molar-refractivity contribution in [2.45, 2.75) is 45.4 Å². The highest BCUT2D eigenvalue weighted by Crippen LogP contribution is 2.08. The lowest BCUT2D eigenvalue weighted by atomic mass is 10.1. The number of carbonyl (C=O) groups is 1. The van der Waals surface area contributed by atoms with E-state index in [1.54, 1.807) is 0 Å². The van der Waals surface area contributed by atoms with Crippen molar-refractivity contribution in [3.8, 4) is 0 Å². The maximum atomic E-state index is 11.5. The predicted octanol–water partition coefficient (Wildman–Crippen LogP) is 0.813. The molecule has 0 aliphatic carbocycles. The number of nitrogens with one attached hydrogen (secondary N) is 1. The van der Waals surface area contributed by atoms with Gasteiger partial charge in [0.2, 0.25) is 10.0 Å². The first-order chi connectivity index (χ1) is 6.66. The molecule has 0 saturated carbocycles. The molecule has 5 nitrogen and oxygen atoms in total. The summed E-state index contributed by atoms with van der Waals surface area (Å²) in [6, 6.07) is -1.03. The summed E-state index contributed by atoms with van der Waals surface area (Å²) in [6.45, 7) is 6.71. The molecule has 6 heteroatoms. The van der Waals surface area contributed by atoms with Crippen molar-refractivity contribution in [2.24, 2.45) is 5.92 Å². The fraction of sp³-hybridized carbons (Fsp3) is 0.889. The topological polar surface area (TPSA) is 83.5 Å². The summed E-state index contributed by atoms with van der Waals surface area (Å²) in [6.07, 6.45) is 0.293. The Hall–Kier alpha value is -0.620. The van der Waals surface area contributed by atoms with Crippen LogP contribution in [0.5, 0.6) is 0 Å². The standard InChI is InChI=1S/C9H19NO4S/c1-6(2)5-8(9(11)12)10-15(13,14)7(3)4/h6-8,10H,5H2,1-4H3,(H,11,12). The Morgan fingerprint density at radius 3 is 2.00 bits per heavy atom. The summed E-state index contributed by atoms with van der Waals surface area (Å²) in [5, 5.41) is 8.22. The first-order valence-corrected chi connectivity index (χ1v) is 6.45. The number of hydrogen-bond acceptors (Lipinski definition) is 3. The highest BCUT2D eigenvalue weighted by molar-refractivity contribution is 7.90. The molecule has 0 aromatic heterocycles. The van der Waals surface area contributed by atoms with Crippen LogP contribution >= 0.6 is 0 Å². The first kappa shape index (κ1) is 14.4. The first-order valence-electron chi connectivity index (χ1n) is 4.90. The Kier molecular flexibility index (Phi) is 5.23. The number of aliphatic carboxylic acids is 1. The normalized spacial score (nSPS) is 14.5. The molecule has 0 spiro atoms. The Labute approximate surface area is 90.9 Å². The van der Waals surface area contributed by atoms with Crippen LogP contribution in [0.25, 0.3) is 0 Å². The van der Waals surface area contributed by atoms with Gasteiger partial charge in [-0.1, -0.05) is 13.8 Å². The summed E-state index contributed by atoms with van der Waals surface area (Å²) in [4.78, 5) is 10.8. The molecule has 0 amide bonds. The zero-order chi connectivity index (χ0) is 12.2. The summed E-state index contributed by atoms with van der Waals surface area (Å²) in [5.41, 5.74) is 0. The van der Waals surface area contributed by atoms with Gasteiger partial charge in [0.15, 0.2) is 0 Å². The largest absolute Gasteiger partial charge is 0.480 e. The van der Waals surface area contributed by atoms with Crippen LogP contribution in [0, 0.1) is 5.92 Å². The van der Waals surface area contributed by atoms with E-state index in [0.717, 1.165) is 0 Å². The van der Waals surface area contributed by atoms with Gasteiger partial charge in [-0.2, -0.15) is 0 Å². The van der Waals surface area contributed by atoms with Gasteiger partial charge in [0.05, 0.1) is 5.25 Å². The van der Waals surface area contributed by atoms with Crippen LogP contribution in [0.3, 0.4) is 0 Å². The van der Waals surface area contributed by atoms with E-state index < -0.39 is 27.3 Å². The molecule has 0 rings (SSSR count). The number of rotatable bonds is 6. The van der Waals surface area contributed by atoms with Crippen molar-refractivity contribution < 1.29 is 18.3 Å². The summed E-state index contributed by atoms with van der Waals surface area (Å²) in [7, 11) is -3.52. The van der Waals surface area contributed by atoms with E-state index in [1.807, 2.05) is 13.8 Å². The van der Waals surface area contributed by atoms with Gasteiger partial charge in [0.1, 0.15) is 6.04 Å². The van der Waals surface area contributed by atoms with Gasteiger partial charge >= 0.3 is 5.97 Å². The van der Waals surface area contributed by atoms with Crippen molar-refractivity contribution in [3.63, 3.8) is 0 Å². The molecule has 0 saturated heterocycles. The minimum absolute atomic E-state index is 0.126. The lowest BCUT2D eigenvalue weighted by Gasteiger charge is -2.18. The highest BCUT2D eigenvalue weighted by atomic mass is 32.2. The van der Waals surface area contributed by atoms with Gasteiger partial charge in [0, 0.05) is 0 Å². The van der Waals surface area contributed by atoms with Crippen molar-refractivity contribution >= 4 is 16.0 Å². The fourth-order valence-corrected chi connectivity index (χ4v) is 1.87. The molecule has 0 fully saturated rings. The van der Waals surface area contributed by atoms with E-state index in [9.17, 15) is 13.2 Å². The van der Waals surface area contributed by atoms with E-state index >= 15 is 0 Å². The number of hydrogen-bond donors (Lipinski definition) is 2. The molecule has 0 aromatic rings. The van der Waals surface area contributed by atoms with Gasteiger partial charge < -0.3 is 5.11 Å². The van der Waals surface area contributed by atoms with Crippen LogP contribution in [-0.4, -0.2) is 30.8 Å². The Balaban J connectivity index is 4.63. The van der Waals surface area contributed by atoms with Crippen LogP contribution in [-0.2, 0) is 14.8 Å². The SMILES string of the molecule is CC(C)CC(NS(=O)(=O)C(C)C)C(=O)O. The molecule has 0 aromatic carbocycles. The molecular formula is C9H19NO4S. The zero-order valence-electron chi connectivity index (χ0n) is 9.52. The molecule has 0 heterocycles. The van der Waals surface area contributed by atoms with Crippen molar-refractivity contribution in [2.75, 3.05) is 0 Å². The number of carboxylic acid groups (broad SMARTS) is 1. The maximum absolute atomic E-state index is 11.5. The molecule has 90 valence electrons. The lowest BCUT2D eigenvalue weighted by molar-refractivity contribution is -0.139. The molecule has 0 bridgehead atoms. The monoisotopic (exact) mass is 237 g/mol. The van der Waals surface area contributed by atoms with E-state index in [4.69, 9.17) is 5.11 Å². The van der Waals surface area contributed by atoms with Crippen LogP contribution < -0.4 is 4.72 Å². The van der Waals surface area contributed by atoms with Gasteiger partial charge in [-0.25, -0.2) is 13.1 Å². The third kappa shape index (κ3) is 5.13. The maximum Gasteiger partial charge on any atom is 0.321 e. The molecule has 0 radical (unpaired) electrons. The van der Waals surface area contributed by atoms with Gasteiger partial charge in [-0.05, 0) is 26.2 Å². The van der Waals surface area contributed by atoms with Crippen LogP contribution in [0.2, 0.25) is 0 Å². The third-order valence-corrected chi connectivity index (χ3v) is 3.79. The van der Waals surface area contributed by atoms with E-state index in [1.165, 1.54) is 13.8 Å². The van der Waals surface area contributed by atoms with Crippen LogP contribution in [0.1, 0.15) is 34.1 Å². The van der Waals surface area contributed by atoms with Crippen molar-refractivity contribution in [1.82, 2.24) is 4.72 Å². The summed E-state index contributed by atoms with van der Waals surface area (Å²) >= 11 is 0. The zero-order valence-corrected chi connectivity index (χ0v) is 10.3. The van der Waals surface area contributed by atoms with Crippen LogP contribution in [0.15, 0.2) is 0 Å².